The van der Waals surface area contributed by atoms with E-state index < -0.39 is 11.6 Å². The molecule has 1 saturated heterocycles. The van der Waals surface area contributed by atoms with Crippen molar-refractivity contribution in [1.29, 1.82) is 0 Å². The van der Waals surface area contributed by atoms with Gasteiger partial charge in [-0.2, -0.15) is 0 Å². The van der Waals surface area contributed by atoms with Gasteiger partial charge in [0.15, 0.2) is 0 Å². The molecule has 2 atom stereocenters. The molecule has 0 saturated carbocycles. The molecule has 1 heterocycles. The Hall–Kier alpha value is -1.42. The number of alkyl halides is 1. The summed E-state index contributed by atoms with van der Waals surface area (Å²) in [5, 5.41) is 5.95. The Morgan fingerprint density at radius 2 is 2.22 bits per heavy atom. The van der Waals surface area contributed by atoms with Gasteiger partial charge in [0.25, 0.3) is 5.91 Å². The van der Waals surface area contributed by atoms with Gasteiger partial charge in [-0.1, -0.05) is 30.3 Å². The topological polar surface area (TPSA) is 41.1 Å². The van der Waals surface area contributed by atoms with E-state index >= 15 is 0 Å². The van der Waals surface area contributed by atoms with Crippen molar-refractivity contribution in [2.45, 2.75) is 31.5 Å². The highest BCUT2D eigenvalue weighted by Gasteiger charge is 2.35. The van der Waals surface area contributed by atoms with Crippen LogP contribution in [0.15, 0.2) is 30.3 Å². The highest BCUT2D eigenvalue weighted by molar-refractivity contribution is 5.86. The Balaban J connectivity index is 1.94. The summed E-state index contributed by atoms with van der Waals surface area (Å²) in [4.78, 5) is 11.9. The number of hydrogen-bond donors (Lipinski definition) is 2. The van der Waals surface area contributed by atoms with E-state index in [1.54, 1.807) is 30.3 Å². The van der Waals surface area contributed by atoms with Gasteiger partial charge < -0.3 is 10.6 Å². The molecule has 3 nitrogen and oxygen atoms in total. The Morgan fingerprint density at radius 3 is 2.83 bits per heavy atom. The molecule has 18 heavy (non-hydrogen) atoms. The number of nitrogens with one attached hydrogen (secondary N) is 2. The fourth-order valence-corrected chi connectivity index (χ4v) is 2.20. The molecule has 1 aliphatic heterocycles. The lowest BCUT2D eigenvalue weighted by Crippen LogP contribution is -2.44. The predicted octanol–water partition coefficient (Wildman–Crippen LogP) is 1.74. The second-order valence-corrected chi connectivity index (χ2v) is 4.87. The van der Waals surface area contributed by atoms with Gasteiger partial charge in [-0.05, 0) is 31.9 Å². The Bertz CT molecular complexity index is 400. The molecule has 2 N–H and O–H groups in total. The SMILES string of the molecule is C[C@](F)(C(=O)NC[C@H]1CCCN1)c1ccccc1. The molecule has 1 aliphatic rings. The summed E-state index contributed by atoms with van der Waals surface area (Å²) in [6.45, 7) is 2.77. The zero-order valence-electron chi connectivity index (χ0n) is 10.6. The van der Waals surface area contributed by atoms with Crippen molar-refractivity contribution in [3.05, 3.63) is 35.9 Å². The van der Waals surface area contributed by atoms with Crippen molar-refractivity contribution < 1.29 is 9.18 Å². The van der Waals surface area contributed by atoms with Crippen LogP contribution in [0.1, 0.15) is 25.3 Å². The molecule has 0 aliphatic carbocycles. The third kappa shape index (κ3) is 2.88. The quantitative estimate of drug-likeness (QED) is 0.854. The van der Waals surface area contributed by atoms with E-state index in [9.17, 15) is 9.18 Å². The number of carbonyl (C=O) groups is 1. The fourth-order valence-electron chi connectivity index (χ4n) is 2.20. The van der Waals surface area contributed by atoms with Crippen LogP contribution < -0.4 is 10.6 Å². The first-order valence-electron chi connectivity index (χ1n) is 6.37. The lowest BCUT2D eigenvalue weighted by atomic mass is 9.97. The first kappa shape index (κ1) is 13.0. The van der Waals surface area contributed by atoms with Crippen LogP contribution in [0.5, 0.6) is 0 Å². The van der Waals surface area contributed by atoms with Gasteiger partial charge in [0.1, 0.15) is 0 Å². The molecule has 0 radical (unpaired) electrons. The van der Waals surface area contributed by atoms with Crippen molar-refractivity contribution in [2.24, 2.45) is 0 Å². The van der Waals surface area contributed by atoms with E-state index in [0.717, 1.165) is 19.4 Å². The van der Waals surface area contributed by atoms with Crippen molar-refractivity contribution in [1.82, 2.24) is 10.6 Å². The van der Waals surface area contributed by atoms with Crippen LogP contribution >= 0.6 is 0 Å². The van der Waals surface area contributed by atoms with Crippen LogP contribution in [0.25, 0.3) is 0 Å². The number of carbonyl (C=O) groups excluding carboxylic acids is 1. The van der Waals surface area contributed by atoms with Crippen LogP contribution in [0.3, 0.4) is 0 Å². The average molecular weight is 250 g/mol. The summed E-state index contributed by atoms with van der Waals surface area (Å²) >= 11 is 0. The molecule has 0 unspecified atom stereocenters. The average Bonchev–Trinajstić information content (AvgIpc) is 2.90. The first-order valence-corrected chi connectivity index (χ1v) is 6.37. The molecule has 2 rings (SSSR count). The minimum atomic E-state index is -1.97. The number of halogens is 1. The highest BCUT2D eigenvalue weighted by Crippen LogP contribution is 2.25. The van der Waals surface area contributed by atoms with Gasteiger partial charge in [0.05, 0.1) is 0 Å². The van der Waals surface area contributed by atoms with Crippen molar-refractivity contribution in [3.8, 4) is 0 Å². The van der Waals surface area contributed by atoms with Gasteiger partial charge in [-0.25, -0.2) is 4.39 Å². The summed E-state index contributed by atoms with van der Waals surface area (Å²) in [5.41, 5.74) is -1.58. The molecule has 1 aromatic rings. The lowest BCUT2D eigenvalue weighted by molar-refractivity contribution is -0.132. The molecule has 0 bridgehead atoms. The second kappa shape index (κ2) is 5.48. The maximum absolute atomic E-state index is 14.5. The zero-order valence-corrected chi connectivity index (χ0v) is 10.6. The summed E-state index contributed by atoms with van der Waals surface area (Å²) in [6, 6.07) is 8.82. The minimum absolute atomic E-state index is 0.278. The molecule has 0 aromatic heterocycles. The number of hydrogen-bond acceptors (Lipinski definition) is 2. The maximum Gasteiger partial charge on any atom is 0.262 e. The summed E-state index contributed by atoms with van der Waals surface area (Å²) in [6.07, 6.45) is 2.15. The van der Waals surface area contributed by atoms with Crippen LogP contribution in [-0.4, -0.2) is 25.0 Å². The third-order valence-corrected chi connectivity index (χ3v) is 3.41. The fraction of sp³-hybridized carbons (Fsp3) is 0.500. The van der Waals surface area contributed by atoms with Gasteiger partial charge in [0.2, 0.25) is 5.67 Å². The van der Waals surface area contributed by atoms with Gasteiger partial charge in [0, 0.05) is 12.6 Å². The number of benzene rings is 1. The van der Waals surface area contributed by atoms with Crippen LogP contribution in [-0.2, 0) is 10.5 Å². The van der Waals surface area contributed by atoms with Crippen LogP contribution in [0.4, 0.5) is 4.39 Å². The number of amides is 1. The van der Waals surface area contributed by atoms with Crippen molar-refractivity contribution in [2.75, 3.05) is 13.1 Å². The largest absolute Gasteiger partial charge is 0.351 e. The molecule has 4 heteroatoms. The van der Waals surface area contributed by atoms with Crippen molar-refractivity contribution in [3.63, 3.8) is 0 Å². The highest BCUT2D eigenvalue weighted by atomic mass is 19.1. The van der Waals surface area contributed by atoms with Gasteiger partial charge in [-0.3, -0.25) is 4.79 Å². The van der Waals surface area contributed by atoms with Crippen LogP contribution in [0, 0.1) is 0 Å². The molecule has 1 aromatic carbocycles. The van der Waals surface area contributed by atoms with E-state index in [4.69, 9.17) is 0 Å². The molecular weight excluding hydrogens is 231 g/mol. The Kier molecular flexibility index (Phi) is 3.97. The normalized spacial score (nSPS) is 22.4. The Morgan fingerprint density at radius 1 is 1.50 bits per heavy atom. The minimum Gasteiger partial charge on any atom is -0.351 e. The molecule has 1 fully saturated rings. The predicted molar refractivity (Wildman–Crippen MR) is 68.9 cm³/mol. The van der Waals surface area contributed by atoms with Gasteiger partial charge in [-0.15, -0.1) is 0 Å². The van der Waals surface area contributed by atoms with E-state index in [1.165, 1.54) is 6.92 Å². The van der Waals surface area contributed by atoms with Crippen LogP contribution in [0.2, 0.25) is 0 Å². The Labute approximate surface area is 107 Å². The number of rotatable bonds is 4. The van der Waals surface area contributed by atoms with E-state index in [1.807, 2.05) is 0 Å². The monoisotopic (exact) mass is 250 g/mol. The van der Waals surface area contributed by atoms with Gasteiger partial charge >= 0.3 is 0 Å². The standard InChI is InChI=1S/C14H19FN2O/c1-14(15,11-6-3-2-4-7-11)13(18)17-10-12-8-5-9-16-12/h2-4,6-7,12,16H,5,8-10H2,1H3,(H,17,18)/t12-,14-/m1/s1. The molecule has 0 spiro atoms. The zero-order chi connectivity index (χ0) is 13.0. The summed E-state index contributed by atoms with van der Waals surface area (Å²) in [5.74, 6) is -0.567. The lowest BCUT2D eigenvalue weighted by Gasteiger charge is -2.21. The smallest absolute Gasteiger partial charge is 0.262 e. The second-order valence-electron chi connectivity index (χ2n) is 4.87. The molecular formula is C14H19FN2O. The maximum atomic E-state index is 14.5. The summed E-state index contributed by atoms with van der Waals surface area (Å²) in [7, 11) is 0. The molecule has 1 amide bonds. The molecule has 98 valence electrons. The summed E-state index contributed by atoms with van der Waals surface area (Å²) < 4.78 is 14.5. The first-order chi connectivity index (χ1) is 8.60. The van der Waals surface area contributed by atoms with E-state index in [0.29, 0.717) is 12.1 Å². The van der Waals surface area contributed by atoms with Crippen molar-refractivity contribution >= 4 is 5.91 Å². The third-order valence-electron chi connectivity index (χ3n) is 3.41. The van der Waals surface area contributed by atoms with E-state index in [-0.39, 0.29) is 6.04 Å². The van der Waals surface area contributed by atoms with E-state index in [2.05, 4.69) is 10.6 Å².